The SMILES string of the molecule is N[C@@H](Cc1ccc(O)cc1)C(=O)N[C@@H]1CSCc2ccccc2CSC[C@@H](NC(=O)[C@@H](N)Cc2ccc(O)cc2)C(=O)NCC(=O)N[C@@H](Cc2ccccc2)C(=O)NNC(=O)[C@H](Cc2ccccc2)NC(=O)CNC1=O.O=C(O)C(F)(F)F.O=C(O)C(F)(F)F. The maximum atomic E-state index is 13.9. The van der Waals surface area contributed by atoms with Gasteiger partial charge in [0, 0.05) is 35.9 Å². The van der Waals surface area contributed by atoms with Crippen molar-refractivity contribution in [3.8, 4) is 11.5 Å². The number of alkyl halides is 6. The highest BCUT2D eigenvalue weighted by Crippen LogP contribution is 2.23. The molecular formula is C58H64F6N10O14S2. The van der Waals surface area contributed by atoms with Gasteiger partial charge in [0.2, 0.25) is 35.4 Å². The quantitative estimate of drug-likeness (QED) is 0.0792. The Balaban J connectivity index is 0.00000110. The third-order valence-electron chi connectivity index (χ3n) is 12.4. The molecule has 6 atom stereocenters. The van der Waals surface area contributed by atoms with Gasteiger partial charge in [-0.25, -0.2) is 9.59 Å². The molecule has 8 amide bonds. The molecule has 0 fully saturated rings. The number of aromatic hydroxyl groups is 2. The number of nitrogens with two attached hydrogens (primary N) is 2. The molecule has 0 radical (unpaired) electrons. The molecule has 0 aliphatic carbocycles. The Morgan fingerprint density at radius 2 is 0.800 bits per heavy atom. The smallest absolute Gasteiger partial charge is 0.490 e. The van der Waals surface area contributed by atoms with Gasteiger partial charge in [-0.2, -0.15) is 49.9 Å². The first-order valence-electron chi connectivity index (χ1n) is 26.8. The van der Waals surface area contributed by atoms with Crippen LogP contribution >= 0.6 is 23.5 Å². The summed E-state index contributed by atoms with van der Waals surface area (Å²) in [6, 6.07) is 30.1. The van der Waals surface area contributed by atoms with Crippen molar-refractivity contribution in [1.29, 1.82) is 0 Å². The Hall–Kier alpha value is -9.40. The fraction of sp³-hybridized carbons (Fsp3) is 0.310. The number of benzene rings is 5. The summed E-state index contributed by atoms with van der Waals surface area (Å²) in [5.41, 5.74) is 21.7. The van der Waals surface area contributed by atoms with Gasteiger partial charge in [0.25, 0.3) is 11.8 Å². The number of thioether (sulfide) groups is 2. The van der Waals surface area contributed by atoms with Crippen LogP contribution in [0.15, 0.2) is 133 Å². The highest BCUT2D eigenvalue weighted by atomic mass is 32.2. The highest BCUT2D eigenvalue weighted by molar-refractivity contribution is 7.99. The largest absolute Gasteiger partial charge is 0.508 e. The van der Waals surface area contributed by atoms with Crippen LogP contribution in [0.5, 0.6) is 11.5 Å². The summed E-state index contributed by atoms with van der Waals surface area (Å²) < 4.78 is 63.5. The van der Waals surface area contributed by atoms with Crippen LogP contribution in [-0.2, 0) is 85.1 Å². The topological polar surface area (TPSA) is 400 Å². The summed E-state index contributed by atoms with van der Waals surface area (Å²) in [6.45, 7) is -1.21. The van der Waals surface area contributed by atoms with Crippen molar-refractivity contribution >= 4 is 82.7 Å². The number of phenolic OH excluding ortho intramolecular Hbond substituents is 2. The van der Waals surface area contributed by atoms with E-state index < -0.39 is 121 Å². The lowest BCUT2D eigenvalue weighted by atomic mass is 10.0. The van der Waals surface area contributed by atoms with Crippen molar-refractivity contribution in [2.75, 3.05) is 24.6 Å². The third kappa shape index (κ3) is 26.9. The average Bonchev–Trinajstić information content (AvgIpc) is 2.59. The number of phenols is 2. The highest BCUT2D eigenvalue weighted by Gasteiger charge is 2.39. The summed E-state index contributed by atoms with van der Waals surface area (Å²) in [6.07, 6.45) is -10.1. The number of carboxylic acid groups (broad SMARTS) is 2. The minimum Gasteiger partial charge on any atom is -0.508 e. The normalized spacial score (nSPS) is 18.3. The molecule has 0 bridgehead atoms. The fourth-order valence-electron chi connectivity index (χ4n) is 7.78. The van der Waals surface area contributed by atoms with Gasteiger partial charge in [0.1, 0.15) is 35.7 Å². The zero-order valence-corrected chi connectivity index (χ0v) is 49.0. The molecule has 5 aromatic rings. The van der Waals surface area contributed by atoms with Gasteiger partial charge < -0.3 is 63.8 Å². The maximum absolute atomic E-state index is 13.9. The van der Waals surface area contributed by atoms with Crippen molar-refractivity contribution in [2.45, 2.75) is 85.8 Å². The van der Waals surface area contributed by atoms with Gasteiger partial charge >= 0.3 is 24.3 Å². The molecule has 0 unspecified atom stereocenters. The molecule has 0 saturated heterocycles. The molecule has 1 aliphatic rings. The molecule has 1 aliphatic heterocycles. The first-order valence-corrected chi connectivity index (χ1v) is 29.1. The molecule has 32 heteroatoms. The zero-order chi connectivity index (χ0) is 66.6. The first kappa shape index (κ1) is 73.1. The van der Waals surface area contributed by atoms with Gasteiger partial charge in [0.15, 0.2) is 0 Å². The number of rotatable bonds is 12. The molecular weight excluding hydrogens is 1240 g/mol. The second-order valence-corrected chi connectivity index (χ2v) is 21.6. The van der Waals surface area contributed by atoms with E-state index >= 15 is 0 Å². The van der Waals surface area contributed by atoms with E-state index in [1.54, 1.807) is 84.9 Å². The fourth-order valence-corrected chi connectivity index (χ4v) is 9.96. The van der Waals surface area contributed by atoms with E-state index in [0.29, 0.717) is 33.8 Å². The van der Waals surface area contributed by atoms with E-state index in [1.807, 2.05) is 24.3 Å². The van der Waals surface area contributed by atoms with Gasteiger partial charge in [-0.1, -0.05) is 109 Å². The number of halogens is 6. The molecule has 6 rings (SSSR count). The predicted molar refractivity (Wildman–Crippen MR) is 316 cm³/mol. The molecule has 16 N–H and O–H groups in total. The molecule has 484 valence electrons. The number of nitrogens with one attached hydrogen (secondary N) is 8. The van der Waals surface area contributed by atoms with Crippen molar-refractivity contribution in [3.63, 3.8) is 0 Å². The first-order chi connectivity index (χ1) is 42.5. The zero-order valence-electron chi connectivity index (χ0n) is 47.3. The molecule has 1 heterocycles. The number of hydrogen-bond donors (Lipinski definition) is 14. The molecule has 0 aromatic heterocycles. The number of fused-ring (bicyclic) bond motifs is 1. The van der Waals surface area contributed by atoms with Crippen LogP contribution in [0.4, 0.5) is 26.3 Å². The standard InChI is InChI=1S/C54H62N10O10S2.2C2HF3O2/c55-41(23-35-15-19-39(65)20-16-35)49(69)61-45-31-75-29-37-13-7-8-14-38(37)30-76-32-46(62-50(70)42(56)24-36-17-21-40(66)22-18-36)52(72)58-28-48(68)60-44(26-34-11-5-2-6-12-34)54(74)64-63-53(73)43(25-33-9-3-1-4-10-33)59-47(67)27-57-51(45)71;2*3-2(4,5)1(6)7/h1-22,41-46,65-66H,23-32,55-56H2,(H,57,71)(H,58,72)(H,59,67)(H,60,68)(H,61,69)(H,62,70)(H,63,73)(H,64,74);2*(H,6,7)/t41-,42-,43-,44-,45+,46+;;/m0../s1. The Morgan fingerprint density at radius 3 is 1.11 bits per heavy atom. The van der Waals surface area contributed by atoms with E-state index in [4.69, 9.17) is 31.3 Å². The monoisotopic (exact) mass is 1300 g/mol. The lowest BCUT2D eigenvalue weighted by Gasteiger charge is -2.23. The minimum atomic E-state index is -5.08. The van der Waals surface area contributed by atoms with Gasteiger partial charge in [0.05, 0.1) is 25.2 Å². The molecule has 24 nitrogen and oxygen atoms in total. The number of carbonyl (C=O) groups is 10. The number of carbonyl (C=O) groups excluding carboxylic acids is 8. The Bertz CT molecular complexity index is 3020. The summed E-state index contributed by atoms with van der Waals surface area (Å²) in [7, 11) is 0. The second kappa shape index (κ2) is 36.2. The lowest BCUT2D eigenvalue weighted by molar-refractivity contribution is -0.193. The number of aliphatic carboxylic acids is 2. The van der Waals surface area contributed by atoms with E-state index in [0.717, 1.165) is 11.1 Å². The van der Waals surface area contributed by atoms with Crippen molar-refractivity contribution in [2.24, 2.45) is 11.5 Å². The number of hydrogen-bond acceptors (Lipinski definition) is 16. The summed E-state index contributed by atoms with van der Waals surface area (Å²) in [4.78, 5) is 128. The summed E-state index contributed by atoms with van der Waals surface area (Å²) in [5, 5.41) is 49.5. The lowest BCUT2D eigenvalue weighted by Crippen LogP contribution is -2.59. The van der Waals surface area contributed by atoms with Gasteiger partial charge in [-0.05, 0) is 70.5 Å². The van der Waals surface area contributed by atoms with E-state index in [-0.39, 0.29) is 48.7 Å². The number of amides is 8. The van der Waals surface area contributed by atoms with Gasteiger partial charge in [-0.15, -0.1) is 0 Å². The summed E-state index contributed by atoms with van der Waals surface area (Å²) in [5.74, 6) is -10.6. The van der Waals surface area contributed by atoms with Crippen LogP contribution in [0.3, 0.4) is 0 Å². The van der Waals surface area contributed by atoms with Crippen LogP contribution in [0.1, 0.15) is 33.4 Å². The number of hydrazine groups is 1. The Kier molecular flexibility index (Phi) is 29.4. The molecule has 5 aromatic carbocycles. The second-order valence-electron chi connectivity index (χ2n) is 19.5. The van der Waals surface area contributed by atoms with E-state index in [9.17, 15) is 74.9 Å². The van der Waals surface area contributed by atoms with Crippen LogP contribution in [0.25, 0.3) is 0 Å². The van der Waals surface area contributed by atoms with Gasteiger partial charge in [-0.3, -0.25) is 49.2 Å². The van der Waals surface area contributed by atoms with Crippen LogP contribution < -0.4 is 54.2 Å². The Labute approximate surface area is 518 Å². The van der Waals surface area contributed by atoms with E-state index in [1.165, 1.54) is 47.8 Å². The third-order valence-corrected chi connectivity index (χ3v) is 14.6. The van der Waals surface area contributed by atoms with Crippen LogP contribution in [-0.4, -0.2) is 153 Å². The summed E-state index contributed by atoms with van der Waals surface area (Å²) >= 11 is 2.64. The van der Waals surface area contributed by atoms with Crippen LogP contribution in [0, 0.1) is 0 Å². The minimum absolute atomic E-state index is 0.0306. The molecule has 90 heavy (non-hydrogen) atoms. The Morgan fingerprint density at radius 1 is 0.489 bits per heavy atom. The van der Waals surface area contributed by atoms with E-state index in [2.05, 4.69) is 42.8 Å². The maximum Gasteiger partial charge on any atom is 0.490 e. The van der Waals surface area contributed by atoms with Crippen molar-refractivity contribution in [1.82, 2.24) is 42.8 Å². The van der Waals surface area contributed by atoms with Crippen LogP contribution in [0.2, 0.25) is 0 Å². The van der Waals surface area contributed by atoms with Crippen molar-refractivity contribution in [3.05, 3.63) is 167 Å². The molecule has 0 spiro atoms. The predicted octanol–water partition coefficient (Wildman–Crippen LogP) is 1.79. The average molecular weight is 1300 g/mol. The molecule has 0 saturated carbocycles. The number of carboxylic acids is 2. The van der Waals surface area contributed by atoms with Crippen molar-refractivity contribution < 1.29 is 94.7 Å².